The van der Waals surface area contributed by atoms with E-state index in [2.05, 4.69) is 118 Å². The lowest BCUT2D eigenvalue weighted by Crippen LogP contribution is -2.30. The maximum atomic E-state index is 12.8. The Kier molecular flexibility index (Phi) is 48.0. The van der Waals surface area contributed by atoms with Crippen molar-refractivity contribution in [3.05, 3.63) is 97.2 Å². The molecule has 0 aromatic carbocycles. The topological polar surface area (TPSA) is 78.9 Å². The van der Waals surface area contributed by atoms with Crippen molar-refractivity contribution in [2.24, 2.45) is 0 Å². The van der Waals surface area contributed by atoms with Crippen LogP contribution in [0.25, 0.3) is 0 Å². The molecule has 358 valence electrons. The van der Waals surface area contributed by atoms with Gasteiger partial charge in [0.2, 0.25) is 0 Å². The summed E-state index contributed by atoms with van der Waals surface area (Å²) in [5, 5.41) is 0. The van der Waals surface area contributed by atoms with Crippen molar-refractivity contribution in [2.75, 3.05) is 13.2 Å². The monoisotopic (exact) mass is 875 g/mol. The minimum atomic E-state index is -0.799. The molecular formula is C57H94O6. The number of esters is 3. The first-order valence-electron chi connectivity index (χ1n) is 25.7. The molecule has 0 aromatic rings. The van der Waals surface area contributed by atoms with Gasteiger partial charge in [-0.1, -0.05) is 208 Å². The number of ether oxygens (including phenoxy) is 3. The highest BCUT2D eigenvalue weighted by molar-refractivity contribution is 5.71. The molecule has 6 nitrogen and oxygen atoms in total. The first-order valence-corrected chi connectivity index (χ1v) is 25.7. The molecule has 0 aliphatic carbocycles. The van der Waals surface area contributed by atoms with E-state index in [-0.39, 0.29) is 31.1 Å². The van der Waals surface area contributed by atoms with Gasteiger partial charge in [0.1, 0.15) is 13.2 Å². The quantitative estimate of drug-likeness (QED) is 0.0262. The summed E-state index contributed by atoms with van der Waals surface area (Å²) in [5.74, 6) is -0.949. The molecule has 63 heavy (non-hydrogen) atoms. The highest BCUT2D eigenvalue weighted by atomic mass is 16.6. The van der Waals surface area contributed by atoms with E-state index in [0.717, 1.165) is 135 Å². The smallest absolute Gasteiger partial charge is 0.306 e. The third-order valence-corrected chi connectivity index (χ3v) is 10.6. The van der Waals surface area contributed by atoms with E-state index in [4.69, 9.17) is 14.2 Å². The number of hydrogen-bond donors (Lipinski definition) is 0. The molecule has 0 radical (unpaired) electrons. The number of carbonyl (C=O) groups excluding carboxylic acids is 3. The maximum Gasteiger partial charge on any atom is 0.306 e. The second-order valence-electron chi connectivity index (χ2n) is 16.7. The first kappa shape index (κ1) is 59.3. The molecule has 0 saturated carbocycles. The SMILES string of the molecule is CC/C=C\C/C=C\C/C=C\C/C=C\C/C=C\CCCCCC(=O)OCC(COC(=O)CCCCCCCCCCCCC)OC(=O)CCCCCCC/C=C\C/C=C\C/C=C\CC. The molecule has 0 fully saturated rings. The Hall–Kier alpha value is -3.67. The van der Waals surface area contributed by atoms with Crippen LogP contribution in [0.4, 0.5) is 0 Å². The van der Waals surface area contributed by atoms with Gasteiger partial charge in [-0.25, -0.2) is 0 Å². The van der Waals surface area contributed by atoms with Crippen molar-refractivity contribution in [1.29, 1.82) is 0 Å². The van der Waals surface area contributed by atoms with E-state index in [0.29, 0.717) is 19.3 Å². The summed E-state index contributed by atoms with van der Waals surface area (Å²) in [4.78, 5) is 37.9. The van der Waals surface area contributed by atoms with Crippen molar-refractivity contribution in [3.8, 4) is 0 Å². The molecule has 0 rings (SSSR count). The van der Waals surface area contributed by atoms with Gasteiger partial charge in [-0.15, -0.1) is 0 Å². The summed E-state index contributed by atoms with van der Waals surface area (Å²) in [6.07, 6.45) is 66.7. The third-order valence-electron chi connectivity index (χ3n) is 10.6. The number of allylic oxidation sites excluding steroid dienone is 16. The van der Waals surface area contributed by atoms with Crippen LogP contribution in [-0.2, 0) is 28.6 Å². The Morgan fingerprint density at radius 2 is 0.619 bits per heavy atom. The average molecular weight is 875 g/mol. The minimum Gasteiger partial charge on any atom is -0.462 e. The second-order valence-corrected chi connectivity index (χ2v) is 16.7. The molecule has 0 aliphatic heterocycles. The molecule has 1 unspecified atom stereocenters. The van der Waals surface area contributed by atoms with Gasteiger partial charge >= 0.3 is 17.9 Å². The highest BCUT2D eigenvalue weighted by Gasteiger charge is 2.19. The zero-order valence-corrected chi connectivity index (χ0v) is 40.8. The van der Waals surface area contributed by atoms with Crippen LogP contribution in [-0.4, -0.2) is 37.2 Å². The molecule has 0 aromatic heterocycles. The standard InChI is InChI=1S/C57H94O6/c1-4-7-10-13-16-19-22-24-26-27-28-29-31-32-35-38-41-44-47-50-56(59)62-53-54(52-61-55(58)49-46-43-40-37-34-21-18-15-12-9-6-3)63-57(60)51-48-45-42-39-36-33-30-25-23-20-17-14-11-8-5-2/h7-8,10-11,16-17,19-20,24-26,28-30,32,35,54H,4-6,9,12-15,18,21-23,27,31,33-34,36-53H2,1-3H3/b10-7-,11-8-,19-16-,20-17-,26-24-,29-28-,30-25-,35-32-. The van der Waals surface area contributed by atoms with Gasteiger partial charge < -0.3 is 14.2 Å². The van der Waals surface area contributed by atoms with Gasteiger partial charge in [-0.2, -0.15) is 0 Å². The van der Waals surface area contributed by atoms with Crippen LogP contribution in [0.2, 0.25) is 0 Å². The van der Waals surface area contributed by atoms with Crippen LogP contribution >= 0.6 is 0 Å². The van der Waals surface area contributed by atoms with Crippen molar-refractivity contribution in [3.63, 3.8) is 0 Å². The van der Waals surface area contributed by atoms with Crippen LogP contribution in [0.3, 0.4) is 0 Å². The van der Waals surface area contributed by atoms with E-state index in [1.165, 1.54) is 51.4 Å². The van der Waals surface area contributed by atoms with E-state index in [1.807, 2.05) is 0 Å². The summed E-state index contributed by atoms with van der Waals surface area (Å²) in [7, 11) is 0. The van der Waals surface area contributed by atoms with Crippen molar-refractivity contribution >= 4 is 17.9 Å². The van der Waals surface area contributed by atoms with Gasteiger partial charge in [-0.3, -0.25) is 14.4 Å². The molecule has 0 saturated heterocycles. The molecule has 6 heteroatoms. The van der Waals surface area contributed by atoms with Crippen molar-refractivity contribution in [2.45, 2.75) is 232 Å². The van der Waals surface area contributed by atoms with Gasteiger partial charge in [0.05, 0.1) is 0 Å². The fourth-order valence-corrected chi connectivity index (χ4v) is 6.78. The minimum absolute atomic E-state index is 0.0949. The highest BCUT2D eigenvalue weighted by Crippen LogP contribution is 2.14. The molecule has 0 spiro atoms. The molecule has 1 atom stereocenters. The molecule has 0 N–H and O–H groups in total. The zero-order chi connectivity index (χ0) is 45.8. The van der Waals surface area contributed by atoms with E-state index >= 15 is 0 Å². The fourth-order valence-electron chi connectivity index (χ4n) is 6.78. The van der Waals surface area contributed by atoms with Crippen LogP contribution < -0.4 is 0 Å². The molecule has 0 amide bonds. The van der Waals surface area contributed by atoms with Crippen LogP contribution in [0.5, 0.6) is 0 Å². The van der Waals surface area contributed by atoms with Gasteiger partial charge in [0, 0.05) is 19.3 Å². The summed E-state index contributed by atoms with van der Waals surface area (Å²) >= 11 is 0. The lowest BCUT2D eigenvalue weighted by Gasteiger charge is -2.18. The average Bonchev–Trinajstić information content (AvgIpc) is 3.28. The lowest BCUT2D eigenvalue weighted by atomic mass is 10.1. The predicted molar refractivity (Wildman–Crippen MR) is 270 cm³/mol. The molecular weight excluding hydrogens is 781 g/mol. The Bertz CT molecular complexity index is 1280. The predicted octanol–water partition coefficient (Wildman–Crippen LogP) is 17.0. The summed E-state index contributed by atoms with van der Waals surface area (Å²) < 4.78 is 16.7. The Labute approximate surface area is 387 Å². The summed E-state index contributed by atoms with van der Waals surface area (Å²) in [5.41, 5.74) is 0. The Morgan fingerprint density at radius 3 is 0.984 bits per heavy atom. The second kappa shape index (κ2) is 51.0. The first-order chi connectivity index (χ1) is 31.0. The zero-order valence-electron chi connectivity index (χ0n) is 40.8. The van der Waals surface area contributed by atoms with Crippen LogP contribution in [0.1, 0.15) is 226 Å². The van der Waals surface area contributed by atoms with Crippen LogP contribution in [0, 0.1) is 0 Å². The van der Waals surface area contributed by atoms with E-state index in [9.17, 15) is 14.4 Å². The number of unbranched alkanes of at least 4 members (excludes halogenated alkanes) is 18. The lowest BCUT2D eigenvalue weighted by molar-refractivity contribution is -0.167. The van der Waals surface area contributed by atoms with Crippen molar-refractivity contribution < 1.29 is 28.6 Å². The van der Waals surface area contributed by atoms with E-state index in [1.54, 1.807) is 0 Å². The van der Waals surface area contributed by atoms with Gasteiger partial charge in [0.25, 0.3) is 0 Å². The summed E-state index contributed by atoms with van der Waals surface area (Å²) in [6, 6.07) is 0. The largest absolute Gasteiger partial charge is 0.462 e. The van der Waals surface area contributed by atoms with Gasteiger partial charge in [0.15, 0.2) is 6.10 Å². The molecule has 0 heterocycles. The maximum absolute atomic E-state index is 12.8. The summed E-state index contributed by atoms with van der Waals surface area (Å²) in [6.45, 7) is 6.35. The number of hydrogen-bond acceptors (Lipinski definition) is 6. The third kappa shape index (κ3) is 49.2. The molecule has 0 aliphatic rings. The Balaban J connectivity index is 4.46. The number of rotatable bonds is 45. The van der Waals surface area contributed by atoms with Crippen LogP contribution in [0.15, 0.2) is 97.2 Å². The number of carbonyl (C=O) groups is 3. The fraction of sp³-hybridized carbons (Fsp3) is 0.667. The van der Waals surface area contributed by atoms with E-state index < -0.39 is 6.10 Å². The molecule has 0 bridgehead atoms. The van der Waals surface area contributed by atoms with Gasteiger partial charge in [-0.05, 0) is 96.3 Å². The normalized spacial score (nSPS) is 12.9. The van der Waals surface area contributed by atoms with Crippen molar-refractivity contribution in [1.82, 2.24) is 0 Å². The Morgan fingerprint density at radius 1 is 0.333 bits per heavy atom.